The summed E-state index contributed by atoms with van der Waals surface area (Å²) in [6.07, 6.45) is 1.19. The van der Waals surface area contributed by atoms with Crippen molar-refractivity contribution in [2.75, 3.05) is 25.0 Å². The van der Waals surface area contributed by atoms with Crippen LogP contribution in [0, 0.1) is 5.92 Å². The number of amides is 1. The molecule has 5 nitrogen and oxygen atoms in total. The first-order chi connectivity index (χ1) is 9.39. The van der Waals surface area contributed by atoms with Gasteiger partial charge in [-0.1, -0.05) is 6.92 Å². The van der Waals surface area contributed by atoms with Crippen LogP contribution in [-0.4, -0.2) is 38.8 Å². The van der Waals surface area contributed by atoms with Crippen LogP contribution in [0.4, 0.5) is 5.69 Å². The van der Waals surface area contributed by atoms with Gasteiger partial charge < -0.3 is 4.90 Å². The van der Waals surface area contributed by atoms with Crippen molar-refractivity contribution in [2.45, 2.75) is 24.7 Å². The second-order valence-corrected chi connectivity index (χ2v) is 7.61. The molecule has 0 aromatic heterocycles. The summed E-state index contributed by atoms with van der Waals surface area (Å²) in [5, 5.41) is 0. The van der Waals surface area contributed by atoms with E-state index < -0.39 is 10.0 Å². The predicted octanol–water partition coefficient (Wildman–Crippen LogP) is 1.24. The van der Waals surface area contributed by atoms with Gasteiger partial charge in [-0.25, -0.2) is 8.42 Å². The number of likely N-dealkylation sites (N-methyl/N-ethyl adjacent to an activating group) is 1. The molecule has 0 N–H and O–H groups in total. The Morgan fingerprint density at radius 3 is 2.70 bits per heavy atom. The Bertz CT molecular complexity index is 669. The number of sulfonamides is 1. The number of hydrogen-bond acceptors (Lipinski definition) is 3. The number of anilines is 1. The predicted molar refractivity (Wildman–Crippen MR) is 76.1 cm³/mol. The zero-order valence-electron chi connectivity index (χ0n) is 11.7. The quantitative estimate of drug-likeness (QED) is 0.824. The van der Waals surface area contributed by atoms with Crippen LogP contribution in [0.1, 0.15) is 18.9 Å². The summed E-state index contributed by atoms with van der Waals surface area (Å²) >= 11 is 0. The summed E-state index contributed by atoms with van der Waals surface area (Å²) in [7, 11) is -1.71. The van der Waals surface area contributed by atoms with Crippen LogP contribution < -0.4 is 4.90 Å². The van der Waals surface area contributed by atoms with Crippen LogP contribution in [-0.2, 0) is 21.2 Å². The minimum Gasteiger partial charge on any atom is -0.315 e. The molecule has 3 rings (SSSR count). The van der Waals surface area contributed by atoms with Gasteiger partial charge in [0, 0.05) is 25.8 Å². The van der Waals surface area contributed by atoms with E-state index in [1.807, 2.05) is 0 Å². The number of carbonyl (C=O) groups excluding carboxylic acids is 1. The molecule has 0 spiro atoms. The van der Waals surface area contributed by atoms with Gasteiger partial charge in [-0.3, -0.25) is 4.79 Å². The minimum atomic E-state index is -3.42. The molecule has 108 valence electrons. The van der Waals surface area contributed by atoms with E-state index in [-0.39, 0.29) is 12.3 Å². The Morgan fingerprint density at radius 2 is 2.05 bits per heavy atom. The molecule has 1 aromatic carbocycles. The van der Waals surface area contributed by atoms with Gasteiger partial charge in [-0.15, -0.1) is 0 Å². The standard InChI is InChI=1S/C14H18N2O3S/c1-10-5-6-16(9-10)20(18,19)12-3-4-13-11(7-12)8-14(17)15(13)2/h3-4,7,10H,5-6,8-9H2,1-2H3. The highest BCUT2D eigenvalue weighted by Crippen LogP contribution is 2.31. The van der Waals surface area contributed by atoms with E-state index in [1.165, 1.54) is 0 Å². The third kappa shape index (κ3) is 2.03. The van der Waals surface area contributed by atoms with Crippen LogP contribution in [0.5, 0.6) is 0 Å². The van der Waals surface area contributed by atoms with E-state index in [9.17, 15) is 13.2 Å². The van der Waals surface area contributed by atoms with E-state index in [1.54, 1.807) is 34.5 Å². The number of nitrogens with zero attached hydrogens (tertiary/aromatic N) is 2. The molecule has 2 aliphatic rings. The largest absolute Gasteiger partial charge is 0.315 e. The van der Waals surface area contributed by atoms with E-state index in [2.05, 4.69) is 6.92 Å². The molecular weight excluding hydrogens is 276 g/mol. The molecule has 0 radical (unpaired) electrons. The second kappa shape index (κ2) is 4.56. The summed E-state index contributed by atoms with van der Waals surface area (Å²) in [5.41, 5.74) is 1.61. The molecule has 6 heteroatoms. The lowest BCUT2D eigenvalue weighted by Crippen LogP contribution is -2.28. The lowest BCUT2D eigenvalue weighted by Gasteiger charge is -2.17. The third-order valence-corrected chi connectivity index (χ3v) is 6.01. The lowest BCUT2D eigenvalue weighted by molar-refractivity contribution is -0.117. The van der Waals surface area contributed by atoms with Crippen LogP contribution in [0.2, 0.25) is 0 Å². The molecule has 2 aliphatic heterocycles. The minimum absolute atomic E-state index is 0.00402. The molecule has 1 atom stereocenters. The smallest absolute Gasteiger partial charge is 0.243 e. The molecule has 2 heterocycles. The fourth-order valence-corrected chi connectivity index (χ4v) is 4.49. The average Bonchev–Trinajstić information content (AvgIpc) is 2.95. The number of carbonyl (C=O) groups is 1. The Hall–Kier alpha value is -1.40. The molecule has 1 fully saturated rings. The van der Waals surface area contributed by atoms with Crippen molar-refractivity contribution in [3.8, 4) is 0 Å². The average molecular weight is 294 g/mol. The van der Waals surface area contributed by atoms with E-state index in [0.29, 0.717) is 23.9 Å². The summed E-state index contributed by atoms with van der Waals surface area (Å²) in [6, 6.07) is 4.98. The van der Waals surface area contributed by atoms with Crippen LogP contribution >= 0.6 is 0 Å². The zero-order valence-corrected chi connectivity index (χ0v) is 12.5. The van der Waals surface area contributed by atoms with Crippen molar-refractivity contribution < 1.29 is 13.2 Å². The zero-order chi connectivity index (χ0) is 14.5. The monoisotopic (exact) mass is 294 g/mol. The van der Waals surface area contributed by atoms with Gasteiger partial charge in [0.1, 0.15) is 0 Å². The molecule has 0 saturated carbocycles. The maximum absolute atomic E-state index is 12.6. The maximum atomic E-state index is 12.6. The lowest BCUT2D eigenvalue weighted by atomic mass is 10.2. The molecule has 0 bridgehead atoms. The van der Waals surface area contributed by atoms with E-state index in [4.69, 9.17) is 0 Å². The molecule has 20 heavy (non-hydrogen) atoms. The summed E-state index contributed by atoms with van der Waals surface area (Å²) in [4.78, 5) is 13.5. The van der Waals surface area contributed by atoms with Gasteiger partial charge in [0.15, 0.2) is 0 Å². The van der Waals surface area contributed by atoms with Crippen molar-refractivity contribution in [3.05, 3.63) is 23.8 Å². The summed E-state index contributed by atoms with van der Waals surface area (Å²) in [6.45, 7) is 3.23. The number of benzene rings is 1. The Labute approximate surface area is 119 Å². The van der Waals surface area contributed by atoms with Crippen molar-refractivity contribution >= 4 is 21.6 Å². The summed E-state index contributed by atoms with van der Waals surface area (Å²) in [5.74, 6) is 0.413. The second-order valence-electron chi connectivity index (χ2n) is 5.68. The van der Waals surface area contributed by atoms with E-state index >= 15 is 0 Å². The Morgan fingerprint density at radius 1 is 1.30 bits per heavy atom. The summed E-state index contributed by atoms with van der Waals surface area (Å²) < 4.78 is 26.7. The molecule has 1 aromatic rings. The number of hydrogen-bond donors (Lipinski definition) is 0. The van der Waals surface area contributed by atoms with Gasteiger partial charge in [0.05, 0.1) is 11.3 Å². The van der Waals surface area contributed by atoms with Crippen molar-refractivity contribution in [3.63, 3.8) is 0 Å². The highest BCUT2D eigenvalue weighted by molar-refractivity contribution is 7.89. The fourth-order valence-electron chi connectivity index (χ4n) is 2.87. The van der Waals surface area contributed by atoms with Crippen molar-refractivity contribution in [1.82, 2.24) is 4.31 Å². The first kappa shape index (κ1) is 13.6. The normalized spacial score (nSPS) is 23.4. The Balaban J connectivity index is 1.96. The third-order valence-electron chi connectivity index (χ3n) is 4.15. The van der Waals surface area contributed by atoms with Gasteiger partial charge in [0.2, 0.25) is 15.9 Å². The van der Waals surface area contributed by atoms with Crippen molar-refractivity contribution in [2.24, 2.45) is 5.92 Å². The molecule has 1 saturated heterocycles. The molecular formula is C14H18N2O3S. The maximum Gasteiger partial charge on any atom is 0.243 e. The van der Waals surface area contributed by atoms with Crippen LogP contribution in [0.15, 0.2) is 23.1 Å². The van der Waals surface area contributed by atoms with Crippen molar-refractivity contribution in [1.29, 1.82) is 0 Å². The van der Waals surface area contributed by atoms with Crippen LogP contribution in [0.25, 0.3) is 0 Å². The van der Waals surface area contributed by atoms with Gasteiger partial charge >= 0.3 is 0 Å². The van der Waals surface area contributed by atoms with Gasteiger partial charge in [0.25, 0.3) is 0 Å². The SMILES string of the molecule is CC1CCN(S(=O)(=O)c2ccc3c(c2)CC(=O)N3C)C1. The van der Waals surface area contributed by atoms with E-state index in [0.717, 1.165) is 17.7 Å². The highest BCUT2D eigenvalue weighted by atomic mass is 32.2. The molecule has 1 amide bonds. The molecule has 1 unspecified atom stereocenters. The van der Waals surface area contributed by atoms with Crippen LogP contribution in [0.3, 0.4) is 0 Å². The first-order valence-corrected chi connectivity index (χ1v) is 8.23. The number of fused-ring (bicyclic) bond motifs is 1. The highest BCUT2D eigenvalue weighted by Gasteiger charge is 2.32. The molecule has 0 aliphatic carbocycles. The number of rotatable bonds is 2. The topological polar surface area (TPSA) is 57.7 Å². The Kier molecular flexibility index (Phi) is 3.10. The van der Waals surface area contributed by atoms with Gasteiger partial charge in [-0.05, 0) is 36.1 Å². The first-order valence-electron chi connectivity index (χ1n) is 6.79. The fraction of sp³-hybridized carbons (Fsp3) is 0.500. The van der Waals surface area contributed by atoms with Gasteiger partial charge in [-0.2, -0.15) is 4.31 Å².